The van der Waals surface area contributed by atoms with E-state index in [9.17, 15) is 9.59 Å². The van der Waals surface area contributed by atoms with E-state index in [1.807, 2.05) is 20.8 Å². The van der Waals surface area contributed by atoms with Crippen molar-refractivity contribution in [2.45, 2.75) is 45.3 Å². The number of rotatable bonds is 2. The van der Waals surface area contributed by atoms with Crippen LogP contribution in [0.2, 0.25) is 0 Å². The largest absolute Gasteiger partial charge is 0.444 e. The Balaban J connectivity index is 2.01. The van der Waals surface area contributed by atoms with Gasteiger partial charge in [-0.2, -0.15) is 0 Å². The van der Waals surface area contributed by atoms with Crippen LogP contribution >= 0.6 is 15.9 Å². The van der Waals surface area contributed by atoms with Gasteiger partial charge in [-0.25, -0.2) is 9.78 Å². The molecule has 24 heavy (non-hydrogen) atoms. The van der Waals surface area contributed by atoms with Gasteiger partial charge in [0, 0.05) is 36.8 Å². The molecule has 0 aromatic carbocycles. The molecule has 0 bridgehead atoms. The number of nitrogens with zero attached hydrogens (tertiary/aromatic N) is 3. The Kier molecular flexibility index (Phi) is 5.85. The third-order valence-corrected chi connectivity index (χ3v) is 4.33. The maximum absolute atomic E-state index is 12.6. The topological polar surface area (TPSA) is 62.7 Å². The number of ether oxygens (including phenoxy) is 1. The van der Waals surface area contributed by atoms with E-state index in [0.717, 1.165) is 17.3 Å². The lowest BCUT2D eigenvalue weighted by Crippen LogP contribution is -2.51. The fourth-order valence-electron chi connectivity index (χ4n) is 2.61. The first-order valence-corrected chi connectivity index (χ1v) is 8.83. The van der Waals surface area contributed by atoms with Crippen molar-refractivity contribution in [3.05, 3.63) is 28.5 Å². The van der Waals surface area contributed by atoms with Crippen LogP contribution in [0.5, 0.6) is 0 Å². The zero-order valence-corrected chi connectivity index (χ0v) is 16.2. The van der Waals surface area contributed by atoms with Crippen LogP contribution in [-0.2, 0) is 4.74 Å². The summed E-state index contributed by atoms with van der Waals surface area (Å²) in [6.07, 6.45) is 2.98. The Labute approximate surface area is 151 Å². The molecule has 1 saturated heterocycles. The maximum Gasteiger partial charge on any atom is 0.410 e. The summed E-state index contributed by atoms with van der Waals surface area (Å²) in [4.78, 5) is 32.3. The van der Waals surface area contributed by atoms with Gasteiger partial charge in [-0.05, 0) is 61.7 Å². The molecule has 1 aliphatic heterocycles. The number of hydrogen-bond donors (Lipinski definition) is 0. The first kappa shape index (κ1) is 18.7. The van der Waals surface area contributed by atoms with Crippen LogP contribution in [0.25, 0.3) is 0 Å². The van der Waals surface area contributed by atoms with Crippen LogP contribution in [0, 0.1) is 0 Å². The molecule has 0 saturated carbocycles. The Hall–Kier alpha value is -1.63. The minimum absolute atomic E-state index is 0.0378. The highest BCUT2D eigenvalue weighted by atomic mass is 79.9. The molecule has 1 fully saturated rings. The number of piperidine rings is 1. The molecule has 1 aromatic rings. The zero-order chi connectivity index (χ0) is 17.9. The Morgan fingerprint density at radius 2 is 2.08 bits per heavy atom. The van der Waals surface area contributed by atoms with Crippen LogP contribution < -0.4 is 0 Å². The minimum Gasteiger partial charge on any atom is -0.444 e. The second kappa shape index (κ2) is 7.51. The summed E-state index contributed by atoms with van der Waals surface area (Å²) in [7, 11) is 1.76. The molecule has 1 unspecified atom stereocenters. The van der Waals surface area contributed by atoms with Crippen LogP contribution in [0.3, 0.4) is 0 Å². The van der Waals surface area contributed by atoms with E-state index < -0.39 is 5.60 Å². The highest BCUT2D eigenvalue weighted by Gasteiger charge is 2.31. The molecule has 132 valence electrons. The van der Waals surface area contributed by atoms with Crippen LogP contribution in [0.4, 0.5) is 4.79 Å². The molecule has 6 nitrogen and oxygen atoms in total. The van der Waals surface area contributed by atoms with E-state index in [4.69, 9.17) is 4.74 Å². The van der Waals surface area contributed by atoms with Crippen molar-refractivity contribution >= 4 is 27.9 Å². The molecule has 2 rings (SSSR count). The summed E-state index contributed by atoms with van der Waals surface area (Å²) < 4.78 is 6.26. The van der Waals surface area contributed by atoms with Gasteiger partial charge in [-0.15, -0.1) is 0 Å². The SMILES string of the molecule is CN(C(=O)c1ccc(Br)cn1)C1CCCN(C(=O)OC(C)(C)C)C1. The highest BCUT2D eigenvalue weighted by Crippen LogP contribution is 2.19. The molecule has 0 radical (unpaired) electrons. The van der Waals surface area contributed by atoms with Gasteiger partial charge in [0.2, 0.25) is 0 Å². The lowest BCUT2D eigenvalue weighted by molar-refractivity contribution is 0.0122. The Bertz CT molecular complexity index is 598. The maximum atomic E-state index is 12.6. The van der Waals surface area contributed by atoms with E-state index >= 15 is 0 Å². The average molecular weight is 398 g/mol. The molecule has 2 amide bonds. The Morgan fingerprint density at radius 1 is 1.38 bits per heavy atom. The molecule has 2 heterocycles. The van der Waals surface area contributed by atoms with Crippen molar-refractivity contribution in [3.8, 4) is 0 Å². The van der Waals surface area contributed by atoms with E-state index in [2.05, 4.69) is 20.9 Å². The van der Waals surface area contributed by atoms with Gasteiger partial charge < -0.3 is 14.5 Å². The van der Waals surface area contributed by atoms with Crippen molar-refractivity contribution in [1.82, 2.24) is 14.8 Å². The van der Waals surface area contributed by atoms with Gasteiger partial charge in [0.15, 0.2) is 0 Å². The Morgan fingerprint density at radius 3 is 2.67 bits per heavy atom. The van der Waals surface area contributed by atoms with E-state index in [0.29, 0.717) is 18.8 Å². The van der Waals surface area contributed by atoms with Crippen molar-refractivity contribution < 1.29 is 14.3 Å². The predicted octanol–water partition coefficient (Wildman–Crippen LogP) is 3.32. The van der Waals surface area contributed by atoms with Gasteiger partial charge in [-0.3, -0.25) is 4.79 Å². The van der Waals surface area contributed by atoms with Crippen LogP contribution in [0.15, 0.2) is 22.8 Å². The zero-order valence-electron chi connectivity index (χ0n) is 14.6. The first-order valence-electron chi connectivity index (χ1n) is 8.04. The second-order valence-electron chi connectivity index (χ2n) is 7.00. The molecule has 0 N–H and O–H groups in total. The van der Waals surface area contributed by atoms with E-state index in [-0.39, 0.29) is 18.0 Å². The van der Waals surface area contributed by atoms with Crippen molar-refractivity contribution in [1.29, 1.82) is 0 Å². The summed E-state index contributed by atoms with van der Waals surface area (Å²) in [5.74, 6) is -0.140. The monoisotopic (exact) mass is 397 g/mol. The van der Waals surface area contributed by atoms with Gasteiger partial charge in [-0.1, -0.05) is 0 Å². The normalized spacial score (nSPS) is 18.2. The summed E-state index contributed by atoms with van der Waals surface area (Å²) in [5.41, 5.74) is -0.123. The summed E-state index contributed by atoms with van der Waals surface area (Å²) >= 11 is 3.31. The summed E-state index contributed by atoms with van der Waals surface area (Å²) in [6.45, 7) is 6.68. The average Bonchev–Trinajstić information content (AvgIpc) is 2.53. The number of hydrogen-bond acceptors (Lipinski definition) is 4. The third-order valence-electron chi connectivity index (χ3n) is 3.86. The quantitative estimate of drug-likeness (QED) is 0.767. The van der Waals surface area contributed by atoms with E-state index in [1.54, 1.807) is 35.2 Å². The minimum atomic E-state index is -0.521. The highest BCUT2D eigenvalue weighted by molar-refractivity contribution is 9.10. The molecular formula is C17H24BrN3O3. The first-order chi connectivity index (χ1) is 11.2. The van der Waals surface area contributed by atoms with E-state index in [1.165, 1.54) is 0 Å². The summed E-state index contributed by atoms with van der Waals surface area (Å²) in [6, 6.07) is 3.45. The molecule has 0 spiro atoms. The summed E-state index contributed by atoms with van der Waals surface area (Å²) in [5, 5.41) is 0. The van der Waals surface area contributed by atoms with Crippen molar-refractivity contribution in [2.24, 2.45) is 0 Å². The third kappa shape index (κ3) is 4.93. The fourth-order valence-corrected chi connectivity index (χ4v) is 2.85. The van der Waals surface area contributed by atoms with Gasteiger partial charge >= 0.3 is 6.09 Å². The number of likely N-dealkylation sites (tertiary alicyclic amines) is 1. The number of halogens is 1. The van der Waals surface area contributed by atoms with Gasteiger partial charge in [0.05, 0.1) is 0 Å². The number of likely N-dealkylation sites (N-methyl/N-ethyl adjacent to an activating group) is 1. The standard InChI is InChI=1S/C17H24BrN3O3/c1-17(2,3)24-16(23)21-9-5-6-13(11-21)20(4)15(22)14-8-7-12(18)10-19-14/h7-8,10,13H,5-6,9,11H2,1-4H3. The molecule has 0 aliphatic carbocycles. The predicted molar refractivity (Wildman–Crippen MR) is 94.9 cm³/mol. The van der Waals surface area contributed by atoms with Crippen molar-refractivity contribution in [2.75, 3.05) is 20.1 Å². The molecule has 1 aliphatic rings. The van der Waals surface area contributed by atoms with Crippen molar-refractivity contribution in [3.63, 3.8) is 0 Å². The lowest BCUT2D eigenvalue weighted by Gasteiger charge is -2.38. The molecular weight excluding hydrogens is 374 g/mol. The number of carbonyl (C=O) groups excluding carboxylic acids is 2. The fraction of sp³-hybridized carbons (Fsp3) is 0.588. The van der Waals surface area contributed by atoms with Gasteiger partial charge in [0.1, 0.15) is 11.3 Å². The lowest BCUT2D eigenvalue weighted by atomic mass is 10.0. The second-order valence-corrected chi connectivity index (χ2v) is 7.92. The number of pyridine rings is 1. The van der Waals surface area contributed by atoms with Gasteiger partial charge in [0.25, 0.3) is 5.91 Å². The molecule has 1 aromatic heterocycles. The van der Waals surface area contributed by atoms with Crippen LogP contribution in [0.1, 0.15) is 44.1 Å². The number of amides is 2. The van der Waals surface area contributed by atoms with Crippen LogP contribution in [-0.4, -0.2) is 58.6 Å². The number of carbonyl (C=O) groups is 2. The molecule has 7 heteroatoms. The number of aromatic nitrogens is 1. The smallest absolute Gasteiger partial charge is 0.410 e. The molecule has 1 atom stereocenters.